The SMILES string of the molecule is CC/C=C\C/C=C\C/C=C\C/C=C\C/C=C\CCCCCCOCC(COC(=O)CCCCCCC/C=C\CCCCCC)OC(=O)CCCCCCCCCCCCCCC. The van der Waals surface area contributed by atoms with Crippen LogP contribution in [0.5, 0.6) is 0 Å². The van der Waals surface area contributed by atoms with Crippen LogP contribution >= 0.6 is 0 Å². The number of esters is 2. The van der Waals surface area contributed by atoms with Crippen molar-refractivity contribution in [3.05, 3.63) is 72.9 Å². The third-order valence-electron chi connectivity index (χ3n) is 11.2. The third-order valence-corrected chi connectivity index (χ3v) is 11.2. The van der Waals surface area contributed by atoms with Crippen LogP contribution in [0.25, 0.3) is 0 Å². The van der Waals surface area contributed by atoms with Crippen LogP contribution in [0, 0.1) is 0 Å². The van der Waals surface area contributed by atoms with Gasteiger partial charge >= 0.3 is 11.9 Å². The lowest BCUT2D eigenvalue weighted by Crippen LogP contribution is -2.30. The summed E-state index contributed by atoms with van der Waals surface area (Å²) in [6.45, 7) is 7.65. The van der Waals surface area contributed by atoms with Crippen LogP contribution in [-0.2, 0) is 23.8 Å². The monoisotopic (exact) mass is 865 g/mol. The fraction of sp³-hybridized carbons (Fsp3) is 0.754. The van der Waals surface area contributed by atoms with Gasteiger partial charge in [-0.15, -0.1) is 0 Å². The summed E-state index contributed by atoms with van der Waals surface area (Å²) in [5.74, 6) is -0.417. The molecule has 0 radical (unpaired) electrons. The number of carbonyl (C=O) groups excluding carboxylic acids is 2. The van der Waals surface area contributed by atoms with E-state index < -0.39 is 6.10 Å². The molecule has 5 heteroatoms. The van der Waals surface area contributed by atoms with Gasteiger partial charge in [-0.05, 0) is 89.9 Å². The molecule has 5 nitrogen and oxygen atoms in total. The molecule has 358 valence electrons. The van der Waals surface area contributed by atoms with E-state index >= 15 is 0 Å². The Bertz CT molecular complexity index is 1110. The molecular weight excluding hydrogens is 765 g/mol. The summed E-state index contributed by atoms with van der Waals surface area (Å²) in [5.41, 5.74) is 0. The van der Waals surface area contributed by atoms with Gasteiger partial charge < -0.3 is 14.2 Å². The maximum absolute atomic E-state index is 12.8. The summed E-state index contributed by atoms with van der Waals surface area (Å²) in [6, 6.07) is 0. The molecule has 0 rings (SSSR count). The van der Waals surface area contributed by atoms with E-state index in [-0.39, 0.29) is 25.2 Å². The molecule has 0 amide bonds. The maximum atomic E-state index is 12.8. The highest BCUT2D eigenvalue weighted by Gasteiger charge is 2.17. The Morgan fingerprint density at radius 3 is 1.19 bits per heavy atom. The molecule has 0 spiro atoms. The number of rotatable bonds is 48. The van der Waals surface area contributed by atoms with E-state index in [0.717, 1.165) is 89.9 Å². The fourth-order valence-electron chi connectivity index (χ4n) is 7.30. The zero-order valence-corrected chi connectivity index (χ0v) is 41.1. The molecule has 0 saturated heterocycles. The predicted molar refractivity (Wildman–Crippen MR) is 270 cm³/mol. The minimum atomic E-state index is -0.552. The minimum Gasteiger partial charge on any atom is -0.462 e. The lowest BCUT2D eigenvalue weighted by molar-refractivity contribution is -0.163. The Kier molecular flexibility index (Phi) is 50.4. The fourth-order valence-corrected chi connectivity index (χ4v) is 7.30. The van der Waals surface area contributed by atoms with Crippen molar-refractivity contribution in [1.82, 2.24) is 0 Å². The number of allylic oxidation sites excluding steroid dienone is 12. The first-order valence-corrected chi connectivity index (χ1v) is 26.5. The second-order valence-corrected chi connectivity index (χ2v) is 17.4. The van der Waals surface area contributed by atoms with Gasteiger partial charge in [0.1, 0.15) is 6.61 Å². The molecule has 1 unspecified atom stereocenters. The Labute approximate surface area is 385 Å². The van der Waals surface area contributed by atoms with E-state index in [1.807, 2.05) is 0 Å². The smallest absolute Gasteiger partial charge is 0.306 e. The highest BCUT2D eigenvalue weighted by molar-refractivity contribution is 5.70. The second-order valence-electron chi connectivity index (χ2n) is 17.4. The Morgan fingerprint density at radius 1 is 0.371 bits per heavy atom. The average molecular weight is 865 g/mol. The molecule has 1 atom stereocenters. The minimum absolute atomic E-state index is 0.0706. The summed E-state index contributed by atoms with van der Waals surface area (Å²) in [5, 5.41) is 0. The van der Waals surface area contributed by atoms with Crippen molar-refractivity contribution in [3.8, 4) is 0 Å². The molecule has 0 aliphatic rings. The lowest BCUT2D eigenvalue weighted by Gasteiger charge is -2.18. The van der Waals surface area contributed by atoms with Crippen molar-refractivity contribution in [2.45, 2.75) is 258 Å². The highest BCUT2D eigenvalue weighted by atomic mass is 16.6. The first kappa shape index (κ1) is 59.3. The molecule has 0 heterocycles. The van der Waals surface area contributed by atoms with E-state index in [0.29, 0.717) is 19.4 Å². The van der Waals surface area contributed by atoms with Gasteiger partial charge in [-0.25, -0.2) is 0 Å². The number of ether oxygens (including phenoxy) is 3. The largest absolute Gasteiger partial charge is 0.462 e. The van der Waals surface area contributed by atoms with Gasteiger partial charge in [-0.3, -0.25) is 9.59 Å². The Morgan fingerprint density at radius 2 is 0.726 bits per heavy atom. The van der Waals surface area contributed by atoms with E-state index in [1.165, 1.54) is 128 Å². The van der Waals surface area contributed by atoms with Gasteiger partial charge in [-0.1, -0.05) is 222 Å². The molecule has 62 heavy (non-hydrogen) atoms. The van der Waals surface area contributed by atoms with Crippen molar-refractivity contribution >= 4 is 11.9 Å². The van der Waals surface area contributed by atoms with Crippen LogP contribution in [0.1, 0.15) is 252 Å². The van der Waals surface area contributed by atoms with Gasteiger partial charge in [0, 0.05) is 19.4 Å². The molecule has 0 fully saturated rings. The number of unbranched alkanes of at least 4 members (excludes halogenated alkanes) is 25. The summed E-state index contributed by atoms with van der Waals surface area (Å²) in [7, 11) is 0. The number of hydrogen-bond donors (Lipinski definition) is 0. The molecule has 0 aliphatic carbocycles. The van der Waals surface area contributed by atoms with Gasteiger partial charge in [0.25, 0.3) is 0 Å². The van der Waals surface area contributed by atoms with Gasteiger partial charge in [0.05, 0.1) is 6.61 Å². The molecule has 0 aromatic carbocycles. The van der Waals surface area contributed by atoms with E-state index in [2.05, 4.69) is 93.7 Å². The maximum Gasteiger partial charge on any atom is 0.306 e. The normalized spacial score (nSPS) is 12.8. The van der Waals surface area contributed by atoms with Gasteiger partial charge in [0.2, 0.25) is 0 Å². The number of hydrogen-bond acceptors (Lipinski definition) is 5. The van der Waals surface area contributed by atoms with Crippen molar-refractivity contribution < 1.29 is 23.8 Å². The first-order valence-electron chi connectivity index (χ1n) is 26.5. The van der Waals surface area contributed by atoms with Gasteiger partial charge in [0.15, 0.2) is 6.10 Å². The molecule has 0 aromatic heterocycles. The van der Waals surface area contributed by atoms with Crippen molar-refractivity contribution in [2.24, 2.45) is 0 Å². The second kappa shape index (κ2) is 52.7. The van der Waals surface area contributed by atoms with Crippen LogP contribution in [0.3, 0.4) is 0 Å². The topological polar surface area (TPSA) is 61.8 Å². The molecule has 0 aromatic rings. The van der Waals surface area contributed by atoms with E-state index in [9.17, 15) is 9.59 Å². The highest BCUT2D eigenvalue weighted by Crippen LogP contribution is 2.15. The zero-order chi connectivity index (χ0) is 44.9. The summed E-state index contributed by atoms with van der Waals surface area (Å²) >= 11 is 0. The van der Waals surface area contributed by atoms with Gasteiger partial charge in [-0.2, -0.15) is 0 Å². The Hall–Kier alpha value is -2.66. The quantitative estimate of drug-likeness (QED) is 0.0346. The molecule has 0 N–H and O–H groups in total. The van der Waals surface area contributed by atoms with Crippen LogP contribution in [-0.4, -0.2) is 37.9 Å². The third kappa shape index (κ3) is 50.0. The number of carbonyl (C=O) groups is 2. The van der Waals surface area contributed by atoms with Crippen LogP contribution in [0.15, 0.2) is 72.9 Å². The summed E-state index contributed by atoms with van der Waals surface area (Å²) < 4.78 is 17.4. The van der Waals surface area contributed by atoms with E-state index in [4.69, 9.17) is 14.2 Å². The van der Waals surface area contributed by atoms with Crippen LogP contribution < -0.4 is 0 Å². The van der Waals surface area contributed by atoms with Crippen molar-refractivity contribution in [1.29, 1.82) is 0 Å². The predicted octanol–water partition coefficient (Wildman–Crippen LogP) is 17.9. The summed E-state index contributed by atoms with van der Waals surface area (Å²) in [6.07, 6.45) is 67.7. The zero-order valence-electron chi connectivity index (χ0n) is 41.1. The lowest BCUT2D eigenvalue weighted by atomic mass is 10.0. The van der Waals surface area contributed by atoms with Crippen LogP contribution in [0.2, 0.25) is 0 Å². The standard InChI is InChI=1S/C57H100O5/c1-4-7-10-13-16-19-22-25-26-27-28-29-30-31-34-37-40-43-46-49-52-60-53-55(62-57(59)51-48-45-42-39-36-33-24-21-18-15-12-9-6-3)54-61-56(58)50-47-44-41-38-35-32-23-20-17-14-11-8-5-2/h7,10,16,19-20,23,25-26,28-29,31,34,55H,4-6,8-9,11-15,17-18,21-22,24,27,30,32-33,35-54H2,1-3H3/b10-7-,19-16-,23-20-,26-25-,29-28-,34-31-. The molecular formula is C57H100O5. The van der Waals surface area contributed by atoms with Crippen molar-refractivity contribution in [2.75, 3.05) is 19.8 Å². The van der Waals surface area contributed by atoms with Crippen molar-refractivity contribution in [3.63, 3.8) is 0 Å². The van der Waals surface area contributed by atoms with Crippen LogP contribution in [0.4, 0.5) is 0 Å². The molecule has 0 aliphatic heterocycles. The Balaban J connectivity index is 4.31. The molecule has 0 bridgehead atoms. The molecule has 0 saturated carbocycles. The van der Waals surface area contributed by atoms with E-state index in [1.54, 1.807) is 0 Å². The summed E-state index contributed by atoms with van der Waals surface area (Å²) in [4.78, 5) is 25.4. The first-order chi connectivity index (χ1) is 30.6. The average Bonchev–Trinajstić information content (AvgIpc) is 3.27.